The molecule has 2 aromatic rings. The molecule has 29 heavy (non-hydrogen) atoms. The molecule has 156 valence electrons. The van der Waals surface area contributed by atoms with Crippen LogP contribution in [0.2, 0.25) is 0 Å². The maximum atomic E-state index is 13.0. The number of fused-ring (bicyclic) bond motifs is 1. The van der Waals surface area contributed by atoms with E-state index in [1.807, 2.05) is 31.2 Å². The molecule has 1 aliphatic rings. The third kappa shape index (κ3) is 5.17. The van der Waals surface area contributed by atoms with E-state index >= 15 is 0 Å². The van der Waals surface area contributed by atoms with Gasteiger partial charge in [0.25, 0.3) is 10.0 Å². The Morgan fingerprint density at radius 2 is 1.76 bits per heavy atom. The van der Waals surface area contributed by atoms with E-state index in [0.29, 0.717) is 25.1 Å². The molecule has 1 aliphatic carbocycles. The van der Waals surface area contributed by atoms with E-state index in [1.54, 1.807) is 6.08 Å². The predicted octanol–water partition coefficient (Wildman–Crippen LogP) is 3.28. The van der Waals surface area contributed by atoms with Crippen LogP contribution in [-0.2, 0) is 26.5 Å². The van der Waals surface area contributed by atoms with Crippen molar-refractivity contribution in [2.75, 3.05) is 16.6 Å². The standard InChI is InChI=1S/C20H25N3O4S2/c1-2-3-12-22-19-11-10-17(28(21,24)25)14-20(19)23-29(26,27)18-9-8-15-6-4-5-7-16(15)13-18/h4-7,10-11,13-14,22-23H,2-3,8-9,12H2,1H3,(H2,21,24,25). The van der Waals surface area contributed by atoms with Gasteiger partial charge >= 0.3 is 0 Å². The Morgan fingerprint density at radius 1 is 1.00 bits per heavy atom. The molecule has 0 fully saturated rings. The maximum absolute atomic E-state index is 13.0. The Hall–Kier alpha value is -2.36. The van der Waals surface area contributed by atoms with Crippen LogP contribution < -0.4 is 15.2 Å². The third-order valence-electron chi connectivity index (χ3n) is 4.77. The van der Waals surface area contributed by atoms with Crippen molar-refractivity contribution in [2.24, 2.45) is 5.14 Å². The lowest BCUT2D eigenvalue weighted by molar-refractivity contribution is 0.597. The number of nitrogens with one attached hydrogen (secondary N) is 2. The zero-order valence-corrected chi connectivity index (χ0v) is 17.8. The summed E-state index contributed by atoms with van der Waals surface area (Å²) in [5.74, 6) is 0. The van der Waals surface area contributed by atoms with Crippen molar-refractivity contribution in [3.05, 3.63) is 58.5 Å². The molecule has 0 aliphatic heterocycles. The molecule has 4 N–H and O–H groups in total. The number of anilines is 2. The second-order valence-corrected chi connectivity index (χ2v) is 10.2. The van der Waals surface area contributed by atoms with Crippen LogP contribution in [0.1, 0.15) is 37.3 Å². The Kier molecular flexibility index (Phi) is 6.30. The van der Waals surface area contributed by atoms with Gasteiger partial charge in [-0.25, -0.2) is 22.0 Å². The summed E-state index contributed by atoms with van der Waals surface area (Å²) < 4.78 is 52.0. The smallest absolute Gasteiger partial charge is 0.258 e. The number of benzene rings is 2. The van der Waals surface area contributed by atoms with E-state index in [1.165, 1.54) is 18.2 Å². The minimum Gasteiger partial charge on any atom is -0.383 e. The van der Waals surface area contributed by atoms with Gasteiger partial charge in [0.2, 0.25) is 10.0 Å². The van der Waals surface area contributed by atoms with Crippen molar-refractivity contribution in [3.8, 4) is 0 Å². The maximum Gasteiger partial charge on any atom is 0.258 e. The molecule has 0 bridgehead atoms. The molecule has 0 heterocycles. The van der Waals surface area contributed by atoms with Gasteiger partial charge in [0, 0.05) is 6.54 Å². The molecule has 2 aromatic carbocycles. The van der Waals surface area contributed by atoms with Crippen LogP contribution in [0, 0.1) is 0 Å². The molecule has 0 atom stereocenters. The number of hydrogen-bond donors (Lipinski definition) is 3. The number of allylic oxidation sites excluding steroid dienone is 1. The van der Waals surface area contributed by atoms with Crippen LogP contribution in [0.4, 0.5) is 11.4 Å². The van der Waals surface area contributed by atoms with Gasteiger partial charge in [-0.2, -0.15) is 0 Å². The molecule has 0 amide bonds. The van der Waals surface area contributed by atoms with Crippen LogP contribution in [0.15, 0.2) is 52.3 Å². The lowest BCUT2D eigenvalue weighted by Gasteiger charge is -2.19. The summed E-state index contributed by atoms with van der Waals surface area (Å²) in [5, 5.41) is 8.37. The summed E-state index contributed by atoms with van der Waals surface area (Å²) in [5.41, 5.74) is 2.64. The van der Waals surface area contributed by atoms with Crippen molar-refractivity contribution in [3.63, 3.8) is 0 Å². The van der Waals surface area contributed by atoms with Crippen LogP contribution in [0.3, 0.4) is 0 Å². The number of sulfonamides is 2. The minimum absolute atomic E-state index is 0.154. The number of hydrogen-bond acceptors (Lipinski definition) is 5. The predicted molar refractivity (Wildman–Crippen MR) is 116 cm³/mol. The van der Waals surface area contributed by atoms with Crippen LogP contribution in [0.25, 0.3) is 6.08 Å². The number of aryl methyl sites for hydroxylation is 1. The minimum atomic E-state index is -3.96. The summed E-state index contributed by atoms with van der Waals surface area (Å²) >= 11 is 0. The van der Waals surface area contributed by atoms with Gasteiger partial charge in [-0.05, 0) is 54.7 Å². The first kappa shape index (κ1) is 21.4. The van der Waals surface area contributed by atoms with Gasteiger partial charge in [0.15, 0.2) is 0 Å². The normalized spacial score (nSPS) is 14.1. The van der Waals surface area contributed by atoms with Crippen molar-refractivity contribution in [2.45, 2.75) is 37.5 Å². The van der Waals surface area contributed by atoms with Crippen molar-refractivity contribution in [1.29, 1.82) is 0 Å². The van der Waals surface area contributed by atoms with Crippen LogP contribution in [-0.4, -0.2) is 23.4 Å². The van der Waals surface area contributed by atoms with Gasteiger partial charge in [0.1, 0.15) is 0 Å². The molecule has 7 nitrogen and oxygen atoms in total. The lowest BCUT2D eigenvalue weighted by Crippen LogP contribution is -2.19. The topological polar surface area (TPSA) is 118 Å². The molecule has 0 saturated carbocycles. The van der Waals surface area contributed by atoms with Crippen LogP contribution in [0.5, 0.6) is 0 Å². The van der Waals surface area contributed by atoms with Gasteiger partial charge in [-0.15, -0.1) is 0 Å². The average molecular weight is 436 g/mol. The third-order valence-corrected chi connectivity index (χ3v) is 7.18. The molecule has 0 unspecified atom stereocenters. The molecule has 0 radical (unpaired) electrons. The van der Waals surface area contributed by atoms with Gasteiger partial charge in [0.05, 0.1) is 21.2 Å². The fraction of sp³-hybridized carbons (Fsp3) is 0.300. The largest absolute Gasteiger partial charge is 0.383 e. The van der Waals surface area contributed by atoms with Gasteiger partial charge in [-0.1, -0.05) is 37.6 Å². The highest BCUT2D eigenvalue weighted by Crippen LogP contribution is 2.31. The van der Waals surface area contributed by atoms with Crippen molar-refractivity contribution >= 4 is 37.5 Å². The second kappa shape index (κ2) is 8.56. The quantitative estimate of drug-likeness (QED) is 0.550. The summed E-state index contributed by atoms with van der Waals surface area (Å²) in [6.45, 7) is 2.68. The van der Waals surface area contributed by atoms with E-state index in [-0.39, 0.29) is 15.5 Å². The first-order valence-electron chi connectivity index (χ1n) is 9.43. The fourth-order valence-corrected chi connectivity index (χ4v) is 4.95. The number of nitrogens with two attached hydrogens (primary N) is 1. The first-order valence-corrected chi connectivity index (χ1v) is 12.5. The van der Waals surface area contributed by atoms with Crippen LogP contribution >= 0.6 is 0 Å². The van der Waals surface area contributed by atoms with E-state index in [4.69, 9.17) is 5.14 Å². The lowest BCUT2D eigenvalue weighted by atomic mass is 9.98. The molecule has 0 aromatic heterocycles. The highest BCUT2D eigenvalue weighted by atomic mass is 32.2. The zero-order valence-electron chi connectivity index (χ0n) is 16.2. The highest BCUT2D eigenvalue weighted by Gasteiger charge is 2.23. The first-order chi connectivity index (χ1) is 13.7. The highest BCUT2D eigenvalue weighted by molar-refractivity contribution is 7.96. The van der Waals surface area contributed by atoms with Crippen molar-refractivity contribution < 1.29 is 16.8 Å². The average Bonchev–Trinajstić information content (AvgIpc) is 2.68. The Labute approximate surface area is 172 Å². The van der Waals surface area contributed by atoms with E-state index in [0.717, 1.165) is 24.0 Å². The molecule has 9 heteroatoms. The van der Waals surface area contributed by atoms with E-state index < -0.39 is 20.0 Å². The molecule has 3 rings (SSSR count). The Morgan fingerprint density at radius 3 is 2.48 bits per heavy atom. The van der Waals surface area contributed by atoms with E-state index in [9.17, 15) is 16.8 Å². The Bertz CT molecular complexity index is 1140. The second-order valence-electron chi connectivity index (χ2n) is 6.95. The SMILES string of the molecule is CCCCNc1ccc(S(N)(=O)=O)cc1NS(=O)(=O)C1=Cc2ccccc2CC1. The number of rotatable bonds is 8. The summed E-state index contributed by atoms with van der Waals surface area (Å²) in [7, 11) is -7.82. The molecular weight excluding hydrogens is 410 g/mol. The number of primary sulfonamides is 1. The molecule has 0 saturated heterocycles. The molecule has 0 spiro atoms. The van der Waals surface area contributed by atoms with Gasteiger partial charge in [-0.3, -0.25) is 4.72 Å². The summed E-state index contributed by atoms with van der Waals surface area (Å²) in [4.78, 5) is 0.107. The summed E-state index contributed by atoms with van der Waals surface area (Å²) in [6.07, 6.45) is 4.52. The molecular formula is C20H25N3O4S2. The monoisotopic (exact) mass is 435 g/mol. The number of unbranched alkanes of at least 4 members (excludes halogenated alkanes) is 1. The van der Waals surface area contributed by atoms with E-state index in [2.05, 4.69) is 10.0 Å². The summed E-state index contributed by atoms with van der Waals surface area (Å²) in [6, 6.07) is 11.8. The fourth-order valence-electron chi connectivity index (χ4n) is 3.17. The Balaban J connectivity index is 1.95. The van der Waals surface area contributed by atoms with Crippen molar-refractivity contribution in [1.82, 2.24) is 0 Å². The van der Waals surface area contributed by atoms with Gasteiger partial charge < -0.3 is 5.32 Å². The zero-order chi connectivity index (χ0) is 21.1.